The highest BCUT2D eigenvalue weighted by atomic mass is 32.1. The van der Waals surface area contributed by atoms with E-state index in [2.05, 4.69) is 54.8 Å². The number of thiophene rings is 1. The third-order valence-electron chi connectivity index (χ3n) is 7.24. The molecule has 0 spiro atoms. The first-order chi connectivity index (χ1) is 19.1. The Labute approximate surface area is 229 Å². The molecular formula is C30H28N8S. The van der Waals surface area contributed by atoms with E-state index < -0.39 is 0 Å². The summed E-state index contributed by atoms with van der Waals surface area (Å²) >= 11 is 1.67. The van der Waals surface area contributed by atoms with Crippen molar-refractivity contribution in [2.45, 2.75) is 32.7 Å². The number of hydrogen-bond acceptors (Lipinski definition) is 7. The second-order valence-corrected chi connectivity index (χ2v) is 11.3. The van der Waals surface area contributed by atoms with E-state index in [0.29, 0.717) is 11.5 Å². The van der Waals surface area contributed by atoms with Crippen LogP contribution in [0.25, 0.3) is 61.0 Å². The topological polar surface area (TPSA) is 99.3 Å². The van der Waals surface area contributed by atoms with Gasteiger partial charge in [-0.2, -0.15) is 5.10 Å². The maximum Gasteiger partial charge on any atom is 0.161 e. The average Bonchev–Trinajstić information content (AvgIpc) is 3.71. The number of nitrogens with one attached hydrogen (secondary N) is 2. The summed E-state index contributed by atoms with van der Waals surface area (Å²) in [5, 5.41) is 7.71. The molecule has 6 aromatic rings. The number of nitrogens with zero attached hydrogens (tertiary/aromatic N) is 6. The summed E-state index contributed by atoms with van der Waals surface area (Å²) < 4.78 is 0. The standard InChI is InChI=1S/C30H28N8S/c1-18(2)24-8-9-25(39-24)28-26-22(10-11-32-28)34-30(35-26)29-27-23(36-37-29)7-6-21(33-27)20-14-19(15-31-16-20)17-38-12-4-3-5-13-38/h6-11,14-16H,1,3-5,12-13,17H2,2H3,(H,34,35)(H,36,37). The number of likely N-dealkylation sites (tertiary alicyclic amines) is 1. The normalized spacial score (nSPS) is 14.4. The average molecular weight is 533 g/mol. The van der Waals surface area contributed by atoms with E-state index >= 15 is 0 Å². The molecule has 2 N–H and O–H groups in total. The van der Waals surface area contributed by atoms with Gasteiger partial charge in [-0.05, 0) is 80.4 Å². The van der Waals surface area contributed by atoms with Gasteiger partial charge in [0.05, 0.1) is 21.6 Å². The lowest BCUT2D eigenvalue weighted by atomic mass is 10.1. The van der Waals surface area contributed by atoms with Crippen molar-refractivity contribution in [2.24, 2.45) is 0 Å². The molecule has 0 radical (unpaired) electrons. The molecule has 1 aliphatic heterocycles. The molecule has 1 saturated heterocycles. The van der Waals surface area contributed by atoms with Crippen LogP contribution in [0.15, 0.2) is 61.6 Å². The van der Waals surface area contributed by atoms with Crippen LogP contribution >= 0.6 is 11.3 Å². The van der Waals surface area contributed by atoms with Gasteiger partial charge in [-0.15, -0.1) is 11.3 Å². The molecule has 1 aliphatic rings. The van der Waals surface area contributed by atoms with Crippen LogP contribution in [0, 0.1) is 0 Å². The van der Waals surface area contributed by atoms with Crippen LogP contribution in [0.2, 0.25) is 0 Å². The van der Waals surface area contributed by atoms with E-state index in [1.54, 1.807) is 11.3 Å². The predicted octanol–water partition coefficient (Wildman–Crippen LogP) is 6.71. The van der Waals surface area contributed by atoms with Gasteiger partial charge in [0, 0.05) is 35.6 Å². The van der Waals surface area contributed by atoms with E-state index in [1.807, 2.05) is 43.7 Å². The Bertz CT molecular complexity index is 1820. The zero-order valence-electron chi connectivity index (χ0n) is 21.7. The van der Waals surface area contributed by atoms with E-state index in [-0.39, 0.29) is 0 Å². The zero-order chi connectivity index (χ0) is 26.3. The molecule has 0 unspecified atom stereocenters. The van der Waals surface area contributed by atoms with Crippen LogP contribution in [-0.4, -0.2) is 53.1 Å². The smallest absolute Gasteiger partial charge is 0.161 e. The van der Waals surface area contributed by atoms with Gasteiger partial charge in [0.1, 0.15) is 16.7 Å². The number of fused-ring (bicyclic) bond motifs is 2. The number of rotatable bonds is 6. The third-order valence-corrected chi connectivity index (χ3v) is 8.49. The van der Waals surface area contributed by atoms with Gasteiger partial charge >= 0.3 is 0 Å². The summed E-state index contributed by atoms with van der Waals surface area (Å²) in [5.74, 6) is 0.656. The maximum absolute atomic E-state index is 5.01. The van der Waals surface area contributed by atoms with Crippen molar-refractivity contribution in [2.75, 3.05) is 13.1 Å². The third kappa shape index (κ3) is 4.53. The molecule has 0 saturated carbocycles. The molecule has 8 nitrogen and oxygen atoms in total. The summed E-state index contributed by atoms with van der Waals surface area (Å²) in [7, 11) is 0. The Morgan fingerprint density at radius 1 is 0.974 bits per heavy atom. The summed E-state index contributed by atoms with van der Waals surface area (Å²) in [6.07, 6.45) is 9.54. The number of piperidine rings is 1. The van der Waals surface area contributed by atoms with E-state index in [4.69, 9.17) is 9.97 Å². The largest absolute Gasteiger partial charge is 0.336 e. The molecule has 7 rings (SSSR count). The zero-order valence-corrected chi connectivity index (χ0v) is 22.6. The monoisotopic (exact) mass is 532 g/mol. The van der Waals surface area contributed by atoms with E-state index in [1.165, 1.54) is 24.8 Å². The van der Waals surface area contributed by atoms with Crippen molar-refractivity contribution in [3.63, 3.8) is 0 Å². The number of aromatic amines is 2. The van der Waals surface area contributed by atoms with Crippen LogP contribution in [0.3, 0.4) is 0 Å². The Kier molecular flexibility index (Phi) is 6.02. The van der Waals surface area contributed by atoms with Gasteiger partial charge in [-0.3, -0.25) is 20.0 Å². The lowest BCUT2D eigenvalue weighted by molar-refractivity contribution is 0.220. The lowest BCUT2D eigenvalue weighted by Gasteiger charge is -2.26. The van der Waals surface area contributed by atoms with Crippen molar-refractivity contribution >= 4 is 39.0 Å². The highest BCUT2D eigenvalue weighted by molar-refractivity contribution is 7.16. The minimum atomic E-state index is 0.656. The molecular weight excluding hydrogens is 504 g/mol. The molecule has 0 bridgehead atoms. The summed E-state index contributed by atoms with van der Waals surface area (Å²) in [5.41, 5.74) is 8.98. The second kappa shape index (κ2) is 9.83. The molecule has 39 heavy (non-hydrogen) atoms. The Morgan fingerprint density at radius 2 is 1.85 bits per heavy atom. The fourth-order valence-corrected chi connectivity index (χ4v) is 6.17. The number of imidazole rings is 1. The molecule has 0 amide bonds. The first-order valence-electron chi connectivity index (χ1n) is 13.3. The Hall–Kier alpha value is -4.21. The van der Waals surface area contributed by atoms with Crippen LogP contribution in [0.4, 0.5) is 0 Å². The van der Waals surface area contributed by atoms with Crippen molar-refractivity contribution in [1.29, 1.82) is 0 Å². The molecule has 0 aliphatic carbocycles. The number of H-pyrrole nitrogens is 2. The van der Waals surface area contributed by atoms with Gasteiger partial charge in [-0.1, -0.05) is 13.0 Å². The van der Waals surface area contributed by atoms with Crippen molar-refractivity contribution in [3.8, 4) is 33.3 Å². The Balaban J connectivity index is 1.25. The van der Waals surface area contributed by atoms with Crippen LogP contribution in [0.5, 0.6) is 0 Å². The minimum Gasteiger partial charge on any atom is -0.336 e. The van der Waals surface area contributed by atoms with Crippen molar-refractivity contribution in [3.05, 3.63) is 72.0 Å². The fourth-order valence-electron chi connectivity index (χ4n) is 5.24. The van der Waals surface area contributed by atoms with Crippen molar-refractivity contribution < 1.29 is 0 Å². The quantitative estimate of drug-likeness (QED) is 0.247. The highest BCUT2D eigenvalue weighted by Gasteiger charge is 2.18. The van der Waals surface area contributed by atoms with Crippen LogP contribution in [0.1, 0.15) is 36.6 Å². The maximum atomic E-state index is 5.01. The lowest BCUT2D eigenvalue weighted by Crippen LogP contribution is -2.29. The van der Waals surface area contributed by atoms with Crippen LogP contribution < -0.4 is 0 Å². The van der Waals surface area contributed by atoms with Gasteiger partial charge < -0.3 is 4.98 Å². The number of aromatic nitrogens is 7. The van der Waals surface area contributed by atoms with Gasteiger partial charge in [0.2, 0.25) is 0 Å². The molecule has 6 aromatic heterocycles. The predicted molar refractivity (Wildman–Crippen MR) is 157 cm³/mol. The van der Waals surface area contributed by atoms with Gasteiger partial charge in [-0.25, -0.2) is 9.97 Å². The minimum absolute atomic E-state index is 0.656. The fraction of sp³-hybridized carbons (Fsp3) is 0.233. The number of pyridine rings is 3. The molecule has 0 atom stereocenters. The van der Waals surface area contributed by atoms with E-state index in [9.17, 15) is 0 Å². The van der Waals surface area contributed by atoms with Gasteiger partial charge in [0.15, 0.2) is 11.5 Å². The number of hydrogen-bond donors (Lipinski definition) is 2. The summed E-state index contributed by atoms with van der Waals surface area (Å²) in [6, 6.07) is 12.3. The molecule has 0 aromatic carbocycles. The molecule has 194 valence electrons. The first kappa shape index (κ1) is 23.9. The Morgan fingerprint density at radius 3 is 2.69 bits per heavy atom. The van der Waals surface area contributed by atoms with Crippen molar-refractivity contribution in [1.82, 2.24) is 40.0 Å². The first-order valence-corrected chi connectivity index (χ1v) is 14.1. The van der Waals surface area contributed by atoms with Gasteiger partial charge in [0.25, 0.3) is 0 Å². The number of allylic oxidation sites excluding steroid dienone is 1. The van der Waals surface area contributed by atoms with Crippen LogP contribution in [-0.2, 0) is 6.54 Å². The summed E-state index contributed by atoms with van der Waals surface area (Å²) in [6.45, 7) is 9.32. The van der Waals surface area contributed by atoms with E-state index in [0.717, 1.165) is 74.0 Å². The highest BCUT2D eigenvalue weighted by Crippen LogP contribution is 2.35. The second-order valence-electron chi connectivity index (χ2n) is 10.2. The molecule has 1 fully saturated rings. The molecule has 7 heterocycles. The molecule has 9 heteroatoms. The summed E-state index contributed by atoms with van der Waals surface area (Å²) in [4.78, 5) is 27.3. The SMILES string of the molecule is C=C(C)c1ccc(-c2nccc3[nH]c(-c4n[nH]c5ccc(-c6cncc(CN7CCCCC7)c6)nc45)nc23)s1.